The van der Waals surface area contributed by atoms with E-state index in [2.05, 4.69) is 38.0 Å². The lowest BCUT2D eigenvalue weighted by molar-refractivity contribution is 0.123. The Kier molecular flexibility index (Phi) is 5.08. The lowest BCUT2D eigenvalue weighted by Crippen LogP contribution is -2.46. The smallest absolute Gasteiger partial charge is 0.0105 e. The van der Waals surface area contributed by atoms with Gasteiger partial charge in [0.05, 0.1) is 0 Å². The fraction of sp³-hybridized carbons (Fsp3) is 1.00. The monoisotopic (exact) mass is 252 g/mol. The molecule has 2 fully saturated rings. The lowest BCUT2D eigenvalue weighted by atomic mass is 9.78. The highest BCUT2D eigenvalue weighted by molar-refractivity contribution is 4.87. The number of hydrogen-bond acceptors (Lipinski definition) is 2. The fourth-order valence-corrected chi connectivity index (χ4v) is 3.51. The van der Waals surface area contributed by atoms with Crippen molar-refractivity contribution in [2.75, 3.05) is 20.1 Å². The van der Waals surface area contributed by atoms with Gasteiger partial charge in [0.15, 0.2) is 0 Å². The second-order valence-corrected chi connectivity index (χ2v) is 7.06. The van der Waals surface area contributed by atoms with E-state index in [4.69, 9.17) is 0 Å². The first kappa shape index (κ1) is 14.3. The Bertz CT molecular complexity index is 247. The molecule has 0 aromatic carbocycles. The largest absolute Gasteiger partial charge is 0.317 e. The Morgan fingerprint density at radius 2 is 1.83 bits per heavy atom. The molecule has 0 radical (unpaired) electrons. The van der Waals surface area contributed by atoms with Crippen LogP contribution in [0.1, 0.15) is 52.9 Å². The van der Waals surface area contributed by atoms with Crippen molar-refractivity contribution in [3.8, 4) is 0 Å². The first-order chi connectivity index (χ1) is 8.60. The van der Waals surface area contributed by atoms with E-state index in [0.717, 1.165) is 23.8 Å². The van der Waals surface area contributed by atoms with Gasteiger partial charge in [-0.15, -0.1) is 0 Å². The quantitative estimate of drug-likeness (QED) is 0.781. The third-order valence-electron chi connectivity index (χ3n) is 5.00. The van der Waals surface area contributed by atoms with Crippen LogP contribution in [-0.4, -0.2) is 37.1 Å². The molecule has 0 spiro atoms. The zero-order valence-corrected chi connectivity index (χ0v) is 12.8. The van der Waals surface area contributed by atoms with Crippen LogP contribution in [0.25, 0.3) is 0 Å². The summed E-state index contributed by atoms with van der Waals surface area (Å²) in [5.41, 5.74) is 0. The molecule has 2 nitrogen and oxygen atoms in total. The molecular formula is C16H32N2. The van der Waals surface area contributed by atoms with E-state index < -0.39 is 0 Å². The van der Waals surface area contributed by atoms with Crippen molar-refractivity contribution in [3.05, 3.63) is 0 Å². The zero-order chi connectivity index (χ0) is 13.1. The summed E-state index contributed by atoms with van der Waals surface area (Å²) in [6.45, 7) is 9.81. The van der Waals surface area contributed by atoms with Gasteiger partial charge in [0.1, 0.15) is 0 Å². The second-order valence-electron chi connectivity index (χ2n) is 7.06. The molecule has 0 amide bonds. The summed E-state index contributed by atoms with van der Waals surface area (Å²) in [5.74, 6) is 2.80. The summed E-state index contributed by atoms with van der Waals surface area (Å²) in [5, 5.41) is 3.56. The highest BCUT2D eigenvalue weighted by atomic mass is 15.2. The summed E-state index contributed by atoms with van der Waals surface area (Å²) >= 11 is 0. The topological polar surface area (TPSA) is 15.3 Å². The van der Waals surface area contributed by atoms with E-state index in [1.807, 2.05) is 0 Å². The maximum atomic E-state index is 3.56. The molecular weight excluding hydrogens is 220 g/mol. The zero-order valence-electron chi connectivity index (χ0n) is 12.8. The van der Waals surface area contributed by atoms with Crippen LogP contribution in [0.2, 0.25) is 0 Å². The second kappa shape index (κ2) is 6.38. The molecule has 0 heterocycles. The van der Waals surface area contributed by atoms with Crippen LogP contribution in [0.5, 0.6) is 0 Å². The number of hydrogen-bond donors (Lipinski definition) is 1. The first-order valence-corrected chi connectivity index (χ1v) is 8.01. The van der Waals surface area contributed by atoms with Gasteiger partial charge in [0.25, 0.3) is 0 Å². The van der Waals surface area contributed by atoms with E-state index >= 15 is 0 Å². The number of nitrogens with zero attached hydrogens (tertiary/aromatic N) is 1. The van der Waals surface area contributed by atoms with Crippen LogP contribution in [0.15, 0.2) is 0 Å². The average Bonchev–Trinajstić information content (AvgIpc) is 3.12. The molecule has 2 aliphatic carbocycles. The fourth-order valence-electron chi connectivity index (χ4n) is 3.51. The van der Waals surface area contributed by atoms with E-state index in [-0.39, 0.29) is 0 Å². The van der Waals surface area contributed by atoms with Crippen molar-refractivity contribution in [2.45, 2.75) is 65.0 Å². The van der Waals surface area contributed by atoms with Crippen molar-refractivity contribution in [1.29, 1.82) is 0 Å². The molecule has 3 atom stereocenters. The van der Waals surface area contributed by atoms with Gasteiger partial charge in [-0.05, 0) is 70.8 Å². The van der Waals surface area contributed by atoms with Gasteiger partial charge in [-0.2, -0.15) is 0 Å². The van der Waals surface area contributed by atoms with Gasteiger partial charge >= 0.3 is 0 Å². The molecule has 2 heteroatoms. The molecule has 0 aromatic heterocycles. The molecule has 106 valence electrons. The summed E-state index contributed by atoms with van der Waals surface area (Å²) in [7, 11) is 2.15. The van der Waals surface area contributed by atoms with Gasteiger partial charge in [0, 0.05) is 25.2 Å². The third kappa shape index (κ3) is 3.96. The van der Waals surface area contributed by atoms with Gasteiger partial charge in [-0.1, -0.05) is 6.92 Å². The van der Waals surface area contributed by atoms with Crippen molar-refractivity contribution < 1.29 is 0 Å². The van der Waals surface area contributed by atoms with Crippen LogP contribution < -0.4 is 5.32 Å². The molecule has 0 bridgehead atoms. The molecule has 1 N–H and O–H groups in total. The highest BCUT2D eigenvalue weighted by Gasteiger charge is 2.32. The van der Waals surface area contributed by atoms with E-state index in [0.29, 0.717) is 6.04 Å². The third-order valence-corrected chi connectivity index (χ3v) is 5.00. The normalized spacial score (nSPS) is 33.3. The molecule has 3 unspecified atom stereocenters. The molecule has 2 aliphatic rings. The Balaban J connectivity index is 1.89. The van der Waals surface area contributed by atoms with Gasteiger partial charge in [0.2, 0.25) is 0 Å². The average molecular weight is 252 g/mol. The summed E-state index contributed by atoms with van der Waals surface area (Å²) in [6.07, 6.45) is 7.14. The molecule has 18 heavy (non-hydrogen) atoms. The van der Waals surface area contributed by atoms with E-state index in [9.17, 15) is 0 Å². The van der Waals surface area contributed by atoms with Crippen LogP contribution in [0.4, 0.5) is 0 Å². The molecule has 0 aromatic rings. The van der Waals surface area contributed by atoms with Crippen LogP contribution >= 0.6 is 0 Å². The number of rotatable bonds is 6. The van der Waals surface area contributed by atoms with Gasteiger partial charge in [-0.25, -0.2) is 0 Å². The molecule has 2 rings (SSSR count). The minimum atomic E-state index is 0.709. The minimum absolute atomic E-state index is 0.709. The highest BCUT2D eigenvalue weighted by Crippen LogP contribution is 2.33. The van der Waals surface area contributed by atoms with E-state index in [1.54, 1.807) is 0 Å². The van der Waals surface area contributed by atoms with Crippen LogP contribution in [-0.2, 0) is 0 Å². The van der Waals surface area contributed by atoms with Crippen LogP contribution in [0.3, 0.4) is 0 Å². The Hall–Kier alpha value is -0.0800. The van der Waals surface area contributed by atoms with Crippen molar-refractivity contribution in [1.82, 2.24) is 10.2 Å². The summed E-state index contributed by atoms with van der Waals surface area (Å²) in [6, 6.07) is 1.46. The minimum Gasteiger partial charge on any atom is -0.317 e. The summed E-state index contributed by atoms with van der Waals surface area (Å²) < 4.78 is 0. The standard InChI is InChI=1S/C16H32N2/c1-12(2)18(10-14-6-7-14)11-15-9-13(3)5-8-16(15)17-4/h12-17H,5-11H2,1-4H3. The SMILES string of the molecule is CNC1CCC(C)CC1CN(CC1CC1)C(C)C. The van der Waals surface area contributed by atoms with E-state index in [1.165, 1.54) is 45.2 Å². The van der Waals surface area contributed by atoms with Crippen molar-refractivity contribution >= 4 is 0 Å². The van der Waals surface area contributed by atoms with Crippen molar-refractivity contribution in [3.63, 3.8) is 0 Å². The Morgan fingerprint density at radius 1 is 1.11 bits per heavy atom. The number of nitrogens with one attached hydrogen (secondary N) is 1. The first-order valence-electron chi connectivity index (χ1n) is 8.01. The van der Waals surface area contributed by atoms with Crippen molar-refractivity contribution in [2.24, 2.45) is 17.8 Å². The molecule has 0 saturated heterocycles. The van der Waals surface area contributed by atoms with Gasteiger partial charge in [-0.3, -0.25) is 0 Å². The van der Waals surface area contributed by atoms with Crippen LogP contribution in [0, 0.1) is 17.8 Å². The van der Waals surface area contributed by atoms with Gasteiger partial charge < -0.3 is 10.2 Å². The predicted octanol–water partition coefficient (Wildman–Crippen LogP) is 3.13. The lowest BCUT2D eigenvalue weighted by Gasteiger charge is -2.39. The maximum Gasteiger partial charge on any atom is 0.0105 e. The maximum absolute atomic E-state index is 3.56. The predicted molar refractivity (Wildman–Crippen MR) is 78.8 cm³/mol. The molecule has 2 saturated carbocycles. The Morgan fingerprint density at radius 3 is 2.39 bits per heavy atom. The summed E-state index contributed by atoms with van der Waals surface area (Å²) in [4.78, 5) is 2.74. The Labute approximate surface area is 114 Å². The molecule has 0 aliphatic heterocycles.